The lowest BCUT2D eigenvalue weighted by Gasteiger charge is -2.10. The molecule has 8 heteroatoms. The van der Waals surface area contributed by atoms with E-state index in [9.17, 15) is 10.1 Å². The molecule has 0 bridgehead atoms. The van der Waals surface area contributed by atoms with Gasteiger partial charge in [0.1, 0.15) is 11.6 Å². The van der Waals surface area contributed by atoms with Gasteiger partial charge in [-0.3, -0.25) is 4.79 Å². The Labute approximate surface area is 160 Å². The Hall–Kier alpha value is -4.25. The maximum absolute atomic E-state index is 11.3. The maximum atomic E-state index is 11.3. The van der Waals surface area contributed by atoms with Crippen LogP contribution in [0.15, 0.2) is 60.8 Å². The number of nitriles is 1. The van der Waals surface area contributed by atoms with E-state index in [2.05, 4.69) is 31.8 Å². The van der Waals surface area contributed by atoms with E-state index in [4.69, 9.17) is 0 Å². The molecule has 0 aliphatic rings. The largest absolute Gasteiger partial charge is 0.326 e. The van der Waals surface area contributed by atoms with E-state index in [1.54, 1.807) is 16.6 Å². The minimum Gasteiger partial charge on any atom is -0.326 e. The molecule has 136 valence electrons. The minimum atomic E-state index is -0.154. The third kappa shape index (κ3) is 3.37. The smallest absolute Gasteiger partial charge is 0.231 e. The average molecular weight is 369 g/mol. The molecule has 0 saturated carbocycles. The van der Waals surface area contributed by atoms with Crippen LogP contribution in [0.2, 0.25) is 0 Å². The predicted molar refractivity (Wildman–Crippen MR) is 105 cm³/mol. The van der Waals surface area contributed by atoms with Crippen LogP contribution in [0.25, 0.3) is 17.0 Å². The highest BCUT2D eigenvalue weighted by molar-refractivity contribution is 5.89. The van der Waals surface area contributed by atoms with Gasteiger partial charge in [0, 0.05) is 23.9 Å². The molecule has 2 N–H and O–H groups in total. The number of fused-ring (bicyclic) bond motifs is 1. The summed E-state index contributed by atoms with van der Waals surface area (Å²) in [5, 5.41) is 19.5. The number of nitrogens with one attached hydrogen (secondary N) is 2. The van der Waals surface area contributed by atoms with Gasteiger partial charge in [-0.15, -0.1) is 0 Å². The van der Waals surface area contributed by atoms with Crippen LogP contribution in [0.3, 0.4) is 0 Å². The number of amides is 1. The molecule has 4 rings (SSSR count). The topological polar surface area (TPSA) is 108 Å². The Balaban J connectivity index is 1.80. The highest BCUT2D eigenvalue weighted by Crippen LogP contribution is 2.23. The van der Waals surface area contributed by atoms with Gasteiger partial charge in [0.25, 0.3) is 0 Å². The normalized spacial score (nSPS) is 10.4. The molecular formula is C20H15N7O. The van der Waals surface area contributed by atoms with Crippen LogP contribution < -0.4 is 10.6 Å². The van der Waals surface area contributed by atoms with Gasteiger partial charge < -0.3 is 10.6 Å². The zero-order chi connectivity index (χ0) is 19.5. The number of anilines is 3. The third-order valence-corrected chi connectivity index (χ3v) is 3.96. The van der Waals surface area contributed by atoms with Gasteiger partial charge >= 0.3 is 0 Å². The number of hydrogen-bond donors (Lipinski definition) is 2. The summed E-state index contributed by atoms with van der Waals surface area (Å²) in [7, 11) is 0. The monoisotopic (exact) mass is 369 g/mol. The third-order valence-electron chi connectivity index (χ3n) is 3.96. The molecule has 8 nitrogen and oxygen atoms in total. The van der Waals surface area contributed by atoms with E-state index in [0.29, 0.717) is 34.4 Å². The summed E-state index contributed by atoms with van der Waals surface area (Å²) in [4.78, 5) is 20.3. The Morgan fingerprint density at radius 2 is 1.86 bits per heavy atom. The number of nitrogens with zero attached hydrogens (tertiary/aromatic N) is 5. The van der Waals surface area contributed by atoms with Crippen LogP contribution in [-0.4, -0.2) is 25.5 Å². The van der Waals surface area contributed by atoms with Gasteiger partial charge in [-0.25, -0.2) is 0 Å². The van der Waals surface area contributed by atoms with Crippen LogP contribution >= 0.6 is 0 Å². The lowest BCUT2D eigenvalue weighted by Crippen LogP contribution is -2.07. The number of hydrogen-bond acceptors (Lipinski definition) is 6. The Kier molecular flexibility index (Phi) is 4.40. The summed E-state index contributed by atoms with van der Waals surface area (Å²) < 4.78 is 1.55. The van der Waals surface area contributed by atoms with Crippen LogP contribution in [0.4, 0.5) is 17.3 Å². The van der Waals surface area contributed by atoms with Crippen LogP contribution in [0.1, 0.15) is 12.5 Å². The zero-order valence-electron chi connectivity index (χ0n) is 14.9. The predicted octanol–water partition coefficient (Wildman–Crippen LogP) is 3.36. The van der Waals surface area contributed by atoms with Crippen molar-refractivity contribution < 1.29 is 4.79 Å². The summed E-state index contributed by atoms with van der Waals surface area (Å²) in [5.74, 6) is 0.732. The van der Waals surface area contributed by atoms with E-state index < -0.39 is 0 Å². The molecule has 1 amide bonds. The molecule has 0 spiro atoms. The van der Waals surface area contributed by atoms with Crippen molar-refractivity contribution in [3.8, 4) is 17.5 Å². The first kappa shape index (κ1) is 17.2. The first-order chi connectivity index (χ1) is 13.6. The van der Waals surface area contributed by atoms with Crippen molar-refractivity contribution in [3.63, 3.8) is 0 Å². The van der Waals surface area contributed by atoms with Gasteiger partial charge in [0.05, 0.1) is 6.20 Å². The van der Waals surface area contributed by atoms with E-state index in [1.165, 1.54) is 13.1 Å². The minimum absolute atomic E-state index is 0.154. The molecule has 0 fully saturated rings. The summed E-state index contributed by atoms with van der Waals surface area (Å²) in [6.07, 6.45) is 1.47. The van der Waals surface area contributed by atoms with Crippen LogP contribution in [0, 0.1) is 11.3 Å². The second-order valence-electron chi connectivity index (χ2n) is 6.03. The quantitative estimate of drug-likeness (QED) is 0.571. The summed E-state index contributed by atoms with van der Waals surface area (Å²) in [6.45, 7) is 1.45. The molecule has 2 aromatic carbocycles. The van der Waals surface area contributed by atoms with Gasteiger partial charge in [-0.1, -0.05) is 36.4 Å². The lowest BCUT2D eigenvalue weighted by molar-refractivity contribution is -0.114. The molecule has 0 radical (unpaired) electrons. The van der Waals surface area contributed by atoms with Crippen molar-refractivity contribution in [3.05, 3.63) is 66.4 Å². The van der Waals surface area contributed by atoms with Crippen molar-refractivity contribution in [2.45, 2.75) is 6.92 Å². The van der Waals surface area contributed by atoms with Gasteiger partial charge in [-0.2, -0.15) is 24.8 Å². The average Bonchev–Trinajstić information content (AvgIpc) is 3.11. The lowest BCUT2D eigenvalue weighted by atomic mass is 10.2. The second-order valence-corrected chi connectivity index (χ2v) is 6.03. The van der Waals surface area contributed by atoms with E-state index in [0.717, 1.165) is 5.56 Å². The van der Waals surface area contributed by atoms with E-state index in [1.807, 2.05) is 42.5 Å². The first-order valence-electron chi connectivity index (χ1n) is 8.50. The molecule has 2 heterocycles. The number of carbonyl (C=O) groups is 1. The van der Waals surface area contributed by atoms with E-state index in [-0.39, 0.29) is 5.91 Å². The van der Waals surface area contributed by atoms with Crippen LogP contribution in [-0.2, 0) is 4.79 Å². The standard InChI is InChI=1S/C20H15N7O/c1-13(28)23-16-8-5-9-17(10-16)24-20-25-18(14-6-3-2-4-7-14)27-19(26-20)15(11-21)12-22-27/h2-10,12H,1H3,(H,23,28)(H,24,26). The van der Waals surface area contributed by atoms with Crippen molar-refractivity contribution in [2.24, 2.45) is 0 Å². The van der Waals surface area contributed by atoms with Gasteiger partial charge in [0.15, 0.2) is 11.5 Å². The maximum Gasteiger partial charge on any atom is 0.231 e. The number of carbonyl (C=O) groups excluding carboxylic acids is 1. The van der Waals surface area contributed by atoms with Gasteiger partial charge in [0.2, 0.25) is 11.9 Å². The molecule has 2 aromatic heterocycles. The molecule has 4 aromatic rings. The Bertz CT molecular complexity index is 1210. The van der Waals surface area contributed by atoms with E-state index >= 15 is 0 Å². The fourth-order valence-corrected chi connectivity index (χ4v) is 2.79. The second kappa shape index (κ2) is 7.17. The number of rotatable bonds is 4. The van der Waals surface area contributed by atoms with Crippen molar-refractivity contribution >= 4 is 28.9 Å². The first-order valence-corrected chi connectivity index (χ1v) is 8.50. The Morgan fingerprint density at radius 1 is 1.07 bits per heavy atom. The fourth-order valence-electron chi connectivity index (χ4n) is 2.79. The molecule has 0 aliphatic heterocycles. The zero-order valence-corrected chi connectivity index (χ0v) is 14.9. The molecule has 0 unspecified atom stereocenters. The molecule has 0 aliphatic carbocycles. The Morgan fingerprint density at radius 3 is 2.61 bits per heavy atom. The summed E-state index contributed by atoms with van der Waals surface area (Å²) in [5.41, 5.74) is 2.97. The summed E-state index contributed by atoms with van der Waals surface area (Å²) in [6, 6.07) is 18.9. The number of benzene rings is 2. The highest BCUT2D eigenvalue weighted by atomic mass is 16.1. The van der Waals surface area contributed by atoms with Crippen LogP contribution in [0.5, 0.6) is 0 Å². The molecule has 0 saturated heterocycles. The highest BCUT2D eigenvalue weighted by Gasteiger charge is 2.14. The summed E-state index contributed by atoms with van der Waals surface area (Å²) >= 11 is 0. The SMILES string of the molecule is CC(=O)Nc1cccc(Nc2nc(-c3ccccc3)n3ncc(C#N)c3n2)c1. The molecule has 28 heavy (non-hydrogen) atoms. The molecular weight excluding hydrogens is 354 g/mol. The van der Waals surface area contributed by atoms with Crippen molar-refractivity contribution in [1.82, 2.24) is 19.6 Å². The number of aromatic nitrogens is 4. The van der Waals surface area contributed by atoms with Crippen molar-refractivity contribution in [1.29, 1.82) is 5.26 Å². The fraction of sp³-hybridized carbons (Fsp3) is 0.0500. The van der Waals surface area contributed by atoms with Crippen molar-refractivity contribution in [2.75, 3.05) is 10.6 Å². The van der Waals surface area contributed by atoms with Gasteiger partial charge in [-0.05, 0) is 18.2 Å². The molecule has 0 atom stereocenters.